The number of hydrogen-bond donors (Lipinski definition) is 3. The molecule has 4 aromatic rings. The maximum absolute atomic E-state index is 13.7. The summed E-state index contributed by atoms with van der Waals surface area (Å²) >= 11 is 0. The molecule has 11 nitrogen and oxygen atoms in total. The molecule has 39 heavy (non-hydrogen) atoms. The Hall–Kier alpha value is -4.55. The topological polar surface area (TPSA) is 133 Å². The van der Waals surface area contributed by atoms with Gasteiger partial charge in [0.25, 0.3) is 5.91 Å². The molecule has 1 saturated heterocycles. The molecule has 2 aliphatic heterocycles. The summed E-state index contributed by atoms with van der Waals surface area (Å²) < 4.78 is 21.0. The van der Waals surface area contributed by atoms with Gasteiger partial charge in [0, 0.05) is 30.9 Å². The number of rotatable bonds is 5. The average molecular weight is 533 g/mol. The van der Waals surface area contributed by atoms with Gasteiger partial charge >= 0.3 is 6.09 Å². The van der Waals surface area contributed by atoms with Gasteiger partial charge in [-0.3, -0.25) is 9.20 Å². The Morgan fingerprint density at radius 3 is 2.79 bits per heavy atom. The zero-order valence-electron chi connectivity index (χ0n) is 20.9. The monoisotopic (exact) mass is 532 g/mol. The molecular weight excluding hydrogens is 507 g/mol. The third-order valence-corrected chi connectivity index (χ3v) is 7.08. The molecule has 0 bridgehead atoms. The maximum atomic E-state index is 13.7. The number of aromatic nitrogens is 3. The maximum Gasteiger partial charge on any atom is 0.414 e. The zero-order valence-corrected chi connectivity index (χ0v) is 20.9. The van der Waals surface area contributed by atoms with E-state index in [1.807, 2.05) is 6.07 Å². The number of ether oxygens (including phenoxy) is 1. The van der Waals surface area contributed by atoms with E-state index < -0.39 is 23.9 Å². The Balaban J connectivity index is 1.33. The van der Waals surface area contributed by atoms with Crippen LogP contribution in [0, 0.1) is 5.82 Å². The Morgan fingerprint density at radius 2 is 2.05 bits per heavy atom. The van der Waals surface area contributed by atoms with Gasteiger partial charge in [-0.1, -0.05) is 6.07 Å². The summed E-state index contributed by atoms with van der Waals surface area (Å²) in [4.78, 5) is 36.6. The number of hydrogen-bond acceptors (Lipinski definition) is 8. The van der Waals surface area contributed by atoms with Crippen LogP contribution in [0.4, 0.5) is 26.4 Å². The van der Waals surface area contributed by atoms with E-state index in [1.54, 1.807) is 48.1 Å². The number of nitrogens with zero attached hydrogens (tertiary/aromatic N) is 5. The lowest BCUT2D eigenvalue weighted by atomic mass is 9.99. The molecule has 6 rings (SSSR count). The first kappa shape index (κ1) is 24.8. The van der Waals surface area contributed by atoms with E-state index in [1.165, 1.54) is 12.1 Å². The summed E-state index contributed by atoms with van der Waals surface area (Å²) in [7, 11) is 0. The minimum atomic E-state index is -1.35. The number of carbonyl (C=O) groups is 2. The van der Waals surface area contributed by atoms with Crippen LogP contribution in [0.1, 0.15) is 22.8 Å². The Bertz CT molecular complexity index is 1590. The lowest BCUT2D eigenvalue weighted by Gasteiger charge is -2.35. The molecular formula is C27H25FN6O5. The van der Waals surface area contributed by atoms with Crippen molar-refractivity contribution in [3.8, 4) is 11.3 Å². The fourth-order valence-corrected chi connectivity index (χ4v) is 5.06. The summed E-state index contributed by atoms with van der Waals surface area (Å²) in [5.41, 5.74) is 3.66. The SMILES string of the molecule is C[C@@H](O)[C@H]1CN(c2ccc(Nc3ccc(-c4cnc5cc(F)ccn45)c4c3C(=O)N(C(=O)O)C4)nc2)CCO1. The largest absolute Gasteiger partial charge is 0.465 e. The molecule has 2 aliphatic rings. The molecule has 0 saturated carbocycles. The van der Waals surface area contributed by atoms with Crippen molar-refractivity contribution in [2.24, 2.45) is 0 Å². The van der Waals surface area contributed by atoms with Crippen molar-refractivity contribution in [2.45, 2.75) is 25.7 Å². The van der Waals surface area contributed by atoms with Crippen LogP contribution < -0.4 is 10.2 Å². The predicted molar refractivity (Wildman–Crippen MR) is 140 cm³/mol. The number of imide groups is 1. The molecule has 2 atom stereocenters. The molecule has 0 aliphatic carbocycles. The first-order valence-corrected chi connectivity index (χ1v) is 12.4. The molecule has 5 heterocycles. The highest BCUT2D eigenvalue weighted by atomic mass is 19.1. The van der Waals surface area contributed by atoms with Crippen LogP contribution in [0.15, 0.2) is 55.0 Å². The van der Waals surface area contributed by atoms with Crippen molar-refractivity contribution >= 4 is 34.8 Å². The molecule has 0 radical (unpaired) electrons. The molecule has 12 heteroatoms. The zero-order chi connectivity index (χ0) is 27.3. The van der Waals surface area contributed by atoms with Crippen LogP contribution in [0.2, 0.25) is 0 Å². The van der Waals surface area contributed by atoms with Crippen molar-refractivity contribution in [2.75, 3.05) is 29.9 Å². The van der Waals surface area contributed by atoms with E-state index in [-0.39, 0.29) is 18.2 Å². The van der Waals surface area contributed by atoms with Crippen LogP contribution in [0.5, 0.6) is 0 Å². The standard InChI is InChI=1S/C27H25FN6O5/c1-15(35)22-14-32(8-9-39-22)17-2-5-23(29-11-17)31-20-4-3-18(19-13-34(27(37)38)26(36)25(19)20)21-12-30-24-10-16(28)6-7-33(21)24/h2-7,10-12,15,22,35H,8-9,13-14H2,1H3,(H,29,31)(H,37,38)/t15-,22-/m1/s1. The quantitative estimate of drug-likeness (QED) is 0.353. The molecule has 0 unspecified atom stereocenters. The Kier molecular flexibility index (Phi) is 6.12. The van der Waals surface area contributed by atoms with E-state index in [9.17, 15) is 24.2 Å². The first-order valence-electron chi connectivity index (χ1n) is 12.4. The number of benzene rings is 1. The molecule has 3 aromatic heterocycles. The highest BCUT2D eigenvalue weighted by Gasteiger charge is 2.37. The normalized spacial score (nSPS) is 17.9. The first-order chi connectivity index (χ1) is 18.8. The number of aliphatic hydroxyl groups is 1. The lowest BCUT2D eigenvalue weighted by molar-refractivity contribution is -0.0364. The molecule has 1 aromatic carbocycles. The average Bonchev–Trinajstić information content (AvgIpc) is 3.50. The van der Waals surface area contributed by atoms with Crippen molar-refractivity contribution in [1.29, 1.82) is 0 Å². The van der Waals surface area contributed by atoms with E-state index >= 15 is 0 Å². The van der Waals surface area contributed by atoms with Crippen molar-refractivity contribution in [3.63, 3.8) is 0 Å². The lowest BCUT2D eigenvalue weighted by Crippen LogP contribution is -2.47. The molecule has 1 fully saturated rings. The van der Waals surface area contributed by atoms with Crippen LogP contribution in [0.25, 0.3) is 16.9 Å². The van der Waals surface area contributed by atoms with Crippen LogP contribution >= 0.6 is 0 Å². The van der Waals surface area contributed by atoms with Gasteiger partial charge in [0.1, 0.15) is 23.4 Å². The number of carboxylic acid groups (broad SMARTS) is 1. The van der Waals surface area contributed by atoms with Crippen molar-refractivity contribution < 1.29 is 28.9 Å². The number of halogens is 1. The summed E-state index contributed by atoms with van der Waals surface area (Å²) in [6.45, 7) is 3.28. The second-order valence-corrected chi connectivity index (χ2v) is 9.53. The van der Waals surface area contributed by atoms with Crippen LogP contribution in [0.3, 0.4) is 0 Å². The number of amides is 2. The third-order valence-electron chi connectivity index (χ3n) is 7.08. The molecule has 200 valence electrons. The van der Waals surface area contributed by atoms with Gasteiger partial charge in [0.05, 0.1) is 54.3 Å². The number of imidazole rings is 1. The van der Waals surface area contributed by atoms with E-state index in [2.05, 4.69) is 20.2 Å². The summed E-state index contributed by atoms with van der Waals surface area (Å²) in [6.07, 6.45) is 2.59. The second-order valence-electron chi connectivity index (χ2n) is 9.53. The summed E-state index contributed by atoms with van der Waals surface area (Å²) in [6, 6.07) is 9.74. The van der Waals surface area contributed by atoms with Gasteiger partial charge < -0.3 is 25.2 Å². The van der Waals surface area contributed by atoms with Crippen LogP contribution in [-0.2, 0) is 11.3 Å². The number of carbonyl (C=O) groups excluding carboxylic acids is 1. The number of nitrogens with one attached hydrogen (secondary N) is 1. The number of fused-ring (bicyclic) bond motifs is 2. The van der Waals surface area contributed by atoms with Crippen LogP contribution in [-0.4, -0.2) is 73.4 Å². The molecule has 3 N–H and O–H groups in total. The van der Waals surface area contributed by atoms with Gasteiger partial charge in [-0.05, 0) is 36.8 Å². The van der Waals surface area contributed by atoms with E-state index in [0.717, 1.165) is 10.6 Å². The number of morpholine rings is 1. The third kappa shape index (κ3) is 4.43. The summed E-state index contributed by atoms with van der Waals surface area (Å²) in [5.74, 6) is -0.594. The summed E-state index contributed by atoms with van der Waals surface area (Å²) in [5, 5.41) is 22.7. The minimum Gasteiger partial charge on any atom is -0.465 e. The molecule has 0 spiro atoms. The number of pyridine rings is 2. The predicted octanol–water partition coefficient (Wildman–Crippen LogP) is 3.50. The van der Waals surface area contributed by atoms with E-state index in [4.69, 9.17) is 4.74 Å². The highest BCUT2D eigenvalue weighted by Crippen LogP contribution is 2.38. The Labute approximate surface area is 222 Å². The second kappa shape index (κ2) is 9.64. The Morgan fingerprint density at radius 1 is 1.21 bits per heavy atom. The van der Waals surface area contributed by atoms with Gasteiger partial charge in [0.2, 0.25) is 0 Å². The molecule has 2 amide bonds. The van der Waals surface area contributed by atoms with Gasteiger partial charge in [-0.15, -0.1) is 0 Å². The van der Waals surface area contributed by atoms with Gasteiger partial charge in [0.15, 0.2) is 0 Å². The van der Waals surface area contributed by atoms with Gasteiger partial charge in [-0.2, -0.15) is 0 Å². The van der Waals surface area contributed by atoms with Gasteiger partial charge in [-0.25, -0.2) is 24.1 Å². The fraction of sp³-hybridized carbons (Fsp3) is 0.259. The fourth-order valence-electron chi connectivity index (χ4n) is 5.06. The number of anilines is 3. The van der Waals surface area contributed by atoms with Crippen molar-refractivity contribution in [1.82, 2.24) is 19.3 Å². The van der Waals surface area contributed by atoms with Crippen molar-refractivity contribution in [3.05, 3.63) is 71.9 Å². The highest BCUT2D eigenvalue weighted by molar-refractivity contribution is 6.11. The number of aliphatic hydroxyl groups excluding tert-OH is 1. The smallest absolute Gasteiger partial charge is 0.414 e. The minimum absolute atomic E-state index is 0.128. The van der Waals surface area contributed by atoms with E-state index in [0.29, 0.717) is 53.7 Å².